The number of nitrogens with one attached hydrogen (secondary N) is 2. The summed E-state index contributed by atoms with van der Waals surface area (Å²) >= 11 is 1.06. The van der Waals surface area contributed by atoms with Crippen LogP contribution >= 0.6 is 11.8 Å². The fraction of sp³-hybridized carbons (Fsp3) is 0.0588. The molecule has 144 valence electrons. The molecule has 0 fully saturated rings. The molecule has 2 aromatic carbocycles. The normalized spacial score (nSPS) is 10.9. The van der Waals surface area contributed by atoms with Crippen molar-refractivity contribution in [2.24, 2.45) is 5.10 Å². The number of thioether (sulfide) groups is 1. The number of carbonyl (C=O) groups excluding carboxylic acids is 1. The van der Waals surface area contributed by atoms with Crippen molar-refractivity contribution in [1.82, 2.24) is 14.9 Å². The highest BCUT2D eigenvalue weighted by Crippen LogP contribution is 2.17. The summed E-state index contributed by atoms with van der Waals surface area (Å²) in [6.07, 6.45) is 1.47. The summed E-state index contributed by atoms with van der Waals surface area (Å²) in [7, 11) is 0. The number of nitrogens with two attached hydrogens (primary N) is 1. The van der Waals surface area contributed by atoms with E-state index in [4.69, 9.17) is 5.84 Å². The Hall–Kier alpha value is -3.47. The molecule has 0 aliphatic carbocycles. The number of carbonyl (C=O) groups is 1. The minimum Gasteiger partial charge on any atom is -0.334 e. The summed E-state index contributed by atoms with van der Waals surface area (Å²) in [5.74, 6) is 4.90. The Morgan fingerprint density at radius 3 is 2.71 bits per heavy atom. The molecule has 1 amide bonds. The summed E-state index contributed by atoms with van der Waals surface area (Å²) in [5.41, 5.74) is 3.65. The molecule has 1 heterocycles. The third-order valence-corrected chi connectivity index (χ3v) is 4.30. The van der Waals surface area contributed by atoms with Gasteiger partial charge in [-0.05, 0) is 35.9 Å². The molecule has 0 aliphatic rings. The monoisotopic (exact) mass is 403 g/mol. The van der Waals surface area contributed by atoms with Gasteiger partial charge in [0.1, 0.15) is 11.6 Å². The Morgan fingerprint density at radius 1 is 1.18 bits per heavy atom. The Bertz CT molecular complexity index is 991. The highest BCUT2D eigenvalue weighted by Gasteiger charge is 2.12. The number of benzene rings is 2. The van der Waals surface area contributed by atoms with Gasteiger partial charge >= 0.3 is 0 Å². The predicted molar refractivity (Wildman–Crippen MR) is 104 cm³/mol. The Labute approximate surface area is 162 Å². The van der Waals surface area contributed by atoms with Crippen LogP contribution in [0, 0.1) is 11.6 Å². The minimum absolute atomic E-state index is 0.00466. The molecule has 28 heavy (non-hydrogen) atoms. The molecule has 0 bridgehead atoms. The quantitative estimate of drug-likeness (QED) is 0.242. The second-order valence-electron chi connectivity index (χ2n) is 5.44. The highest BCUT2D eigenvalue weighted by atomic mass is 32.2. The van der Waals surface area contributed by atoms with E-state index in [9.17, 15) is 13.6 Å². The molecule has 11 heteroatoms. The molecule has 0 atom stereocenters. The van der Waals surface area contributed by atoms with Gasteiger partial charge in [0.2, 0.25) is 11.1 Å². The van der Waals surface area contributed by atoms with E-state index >= 15 is 0 Å². The number of hydrogen-bond acceptors (Lipinski definition) is 7. The number of halogens is 2. The van der Waals surface area contributed by atoms with Gasteiger partial charge in [0, 0.05) is 5.69 Å². The summed E-state index contributed by atoms with van der Waals surface area (Å²) in [5, 5.41) is 14.5. The second kappa shape index (κ2) is 8.95. The summed E-state index contributed by atoms with van der Waals surface area (Å²) in [6.45, 7) is 0. The van der Waals surface area contributed by atoms with Crippen molar-refractivity contribution in [1.29, 1.82) is 0 Å². The van der Waals surface area contributed by atoms with Crippen molar-refractivity contribution in [3.05, 3.63) is 65.7 Å². The third-order valence-electron chi connectivity index (χ3n) is 3.35. The van der Waals surface area contributed by atoms with Crippen molar-refractivity contribution in [3.63, 3.8) is 0 Å². The lowest BCUT2D eigenvalue weighted by Crippen LogP contribution is -2.17. The molecule has 3 aromatic rings. The molecule has 1 aromatic heterocycles. The van der Waals surface area contributed by atoms with Gasteiger partial charge in [0.25, 0.3) is 5.95 Å². The number of anilines is 2. The molecular formula is C17H15F2N7OS. The topological polar surface area (TPSA) is 110 Å². The van der Waals surface area contributed by atoms with E-state index in [0.29, 0.717) is 11.3 Å². The molecule has 4 N–H and O–H groups in total. The van der Waals surface area contributed by atoms with Crippen molar-refractivity contribution in [2.45, 2.75) is 5.16 Å². The van der Waals surface area contributed by atoms with Crippen molar-refractivity contribution in [2.75, 3.05) is 22.3 Å². The van der Waals surface area contributed by atoms with Crippen LogP contribution in [0.2, 0.25) is 0 Å². The van der Waals surface area contributed by atoms with Crippen molar-refractivity contribution < 1.29 is 13.6 Å². The first kappa shape index (κ1) is 19.3. The van der Waals surface area contributed by atoms with Crippen LogP contribution in [-0.2, 0) is 4.79 Å². The Kier molecular flexibility index (Phi) is 6.17. The second-order valence-corrected chi connectivity index (χ2v) is 6.39. The minimum atomic E-state index is -0.441. The van der Waals surface area contributed by atoms with Crippen LogP contribution in [0.3, 0.4) is 0 Å². The van der Waals surface area contributed by atoms with Crippen LogP contribution in [0.5, 0.6) is 0 Å². The SMILES string of the molecule is Nn1c(N/N=C/c2ccc(F)cc2)nnc1SCC(=O)Nc1cccc(F)c1. The fourth-order valence-electron chi connectivity index (χ4n) is 2.06. The Morgan fingerprint density at radius 2 is 1.96 bits per heavy atom. The lowest BCUT2D eigenvalue weighted by Gasteiger charge is -2.05. The van der Waals surface area contributed by atoms with Gasteiger partial charge < -0.3 is 11.2 Å². The largest absolute Gasteiger partial charge is 0.334 e. The predicted octanol–water partition coefficient (Wildman–Crippen LogP) is 2.45. The smallest absolute Gasteiger partial charge is 0.264 e. The maximum Gasteiger partial charge on any atom is 0.264 e. The lowest BCUT2D eigenvalue weighted by atomic mass is 10.2. The summed E-state index contributed by atoms with van der Waals surface area (Å²) in [6, 6.07) is 11.3. The van der Waals surface area contributed by atoms with Crippen LogP contribution in [0.1, 0.15) is 5.56 Å². The number of nitrogen functional groups attached to an aromatic ring is 1. The van der Waals surface area contributed by atoms with Crippen LogP contribution in [-0.4, -0.2) is 32.7 Å². The highest BCUT2D eigenvalue weighted by molar-refractivity contribution is 7.99. The Balaban J connectivity index is 1.52. The van der Waals surface area contributed by atoms with E-state index in [1.807, 2.05) is 0 Å². The number of amides is 1. The van der Waals surface area contributed by atoms with Gasteiger partial charge in [-0.15, -0.1) is 10.2 Å². The van der Waals surface area contributed by atoms with Gasteiger partial charge in [0.15, 0.2) is 0 Å². The van der Waals surface area contributed by atoms with Gasteiger partial charge in [-0.2, -0.15) is 5.10 Å². The van der Waals surface area contributed by atoms with E-state index < -0.39 is 5.82 Å². The molecular weight excluding hydrogens is 388 g/mol. The number of hydrazone groups is 1. The molecule has 0 aliphatic heterocycles. The van der Waals surface area contributed by atoms with E-state index in [-0.39, 0.29) is 28.6 Å². The molecule has 0 radical (unpaired) electrons. The van der Waals surface area contributed by atoms with Crippen LogP contribution in [0.4, 0.5) is 20.4 Å². The van der Waals surface area contributed by atoms with Gasteiger partial charge in [0.05, 0.1) is 12.0 Å². The zero-order chi connectivity index (χ0) is 19.9. The summed E-state index contributed by atoms with van der Waals surface area (Å²) < 4.78 is 27.1. The first-order valence-electron chi connectivity index (χ1n) is 7.94. The average Bonchev–Trinajstić information content (AvgIpc) is 3.02. The van der Waals surface area contributed by atoms with Gasteiger partial charge in [-0.1, -0.05) is 30.0 Å². The van der Waals surface area contributed by atoms with Crippen LogP contribution < -0.4 is 16.6 Å². The van der Waals surface area contributed by atoms with Crippen LogP contribution in [0.25, 0.3) is 0 Å². The maximum atomic E-state index is 13.1. The first-order chi connectivity index (χ1) is 13.5. The van der Waals surface area contributed by atoms with Crippen molar-refractivity contribution >= 4 is 35.5 Å². The zero-order valence-electron chi connectivity index (χ0n) is 14.3. The van der Waals surface area contributed by atoms with E-state index in [1.54, 1.807) is 18.2 Å². The first-order valence-corrected chi connectivity index (χ1v) is 8.93. The molecule has 0 saturated carbocycles. The molecule has 0 spiro atoms. The lowest BCUT2D eigenvalue weighted by molar-refractivity contribution is -0.113. The van der Waals surface area contributed by atoms with E-state index in [1.165, 1.54) is 36.5 Å². The third kappa shape index (κ3) is 5.27. The zero-order valence-corrected chi connectivity index (χ0v) is 15.2. The van der Waals surface area contributed by atoms with E-state index in [0.717, 1.165) is 16.4 Å². The molecule has 3 rings (SSSR count). The van der Waals surface area contributed by atoms with Gasteiger partial charge in [-0.3, -0.25) is 4.79 Å². The number of rotatable bonds is 7. The van der Waals surface area contributed by atoms with Gasteiger partial charge in [-0.25, -0.2) is 18.9 Å². The molecule has 0 saturated heterocycles. The maximum absolute atomic E-state index is 13.1. The molecule has 0 unspecified atom stereocenters. The number of nitrogens with zero attached hydrogens (tertiary/aromatic N) is 4. The fourth-order valence-corrected chi connectivity index (χ4v) is 2.72. The average molecular weight is 403 g/mol. The van der Waals surface area contributed by atoms with Crippen LogP contribution in [0.15, 0.2) is 58.8 Å². The standard InChI is InChI=1S/C17H15F2N7OS/c18-12-6-4-11(5-7-12)9-21-23-16-24-25-17(26(16)20)28-10-15(27)22-14-3-1-2-13(19)8-14/h1-9H,10,20H2,(H,22,27)(H,23,24)/b21-9+. The van der Waals surface area contributed by atoms with Crippen molar-refractivity contribution in [3.8, 4) is 0 Å². The number of aromatic nitrogens is 3. The van der Waals surface area contributed by atoms with E-state index in [2.05, 4.69) is 26.0 Å². The number of hydrogen-bond donors (Lipinski definition) is 3. The summed E-state index contributed by atoms with van der Waals surface area (Å²) in [4.78, 5) is 11.9. The molecule has 8 nitrogen and oxygen atoms in total.